The van der Waals surface area contributed by atoms with Crippen molar-refractivity contribution in [3.63, 3.8) is 0 Å². The van der Waals surface area contributed by atoms with E-state index in [4.69, 9.17) is 0 Å². The van der Waals surface area contributed by atoms with E-state index in [9.17, 15) is 5.11 Å². The summed E-state index contributed by atoms with van der Waals surface area (Å²) in [5, 5.41) is 9.56. The van der Waals surface area contributed by atoms with Crippen molar-refractivity contribution in [1.82, 2.24) is 0 Å². The van der Waals surface area contributed by atoms with Crippen LogP contribution >= 0.6 is 0 Å². The molecule has 0 unspecified atom stereocenters. The lowest BCUT2D eigenvalue weighted by atomic mass is 9.80. The van der Waals surface area contributed by atoms with Crippen LogP contribution in [0, 0.1) is 11.8 Å². The van der Waals surface area contributed by atoms with Crippen molar-refractivity contribution >= 4 is 0 Å². The first kappa shape index (κ1) is 11.9. The van der Waals surface area contributed by atoms with Crippen LogP contribution in [0.3, 0.4) is 0 Å². The van der Waals surface area contributed by atoms with Crippen molar-refractivity contribution in [1.29, 1.82) is 0 Å². The van der Waals surface area contributed by atoms with Gasteiger partial charge in [0.1, 0.15) is 0 Å². The number of hydrogen-bond donors (Lipinski definition) is 1. The summed E-state index contributed by atoms with van der Waals surface area (Å²) in [5.74, 6) is 1.40. The molecule has 0 atom stereocenters. The fourth-order valence-corrected chi connectivity index (χ4v) is 2.94. The fourth-order valence-electron chi connectivity index (χ4n) is 2.94. The van der Waals surface area contributed by atoms with Gasteiger partial charge in [-0.25, -0.2) is 0 Å². The summed E-state index contributed by atoms with van der Waals surface area (Å²) >= 11 is 0. The van der Waals surface area contributed by atoms with Crippen LogP contribution in [0.15, 0.2) is 23.3 Å². The van der Waals surface area contributed by atoms with E-state index in [1.54, 1.807) is 0 Å². The molecule has 0 spiro atoms. The van der Waals surface area contributed by atoms with E-state index in [1.165, 1.54) is 61.7 Å². The van der Waals surface area contributed by atoms with Crippen molar-refractivity contribution in [2.45, 2.75) is 51.9 Å². The lowest BCUT2D eigenvalue weighted by Gasteiger charge is -2.26. The van der Waals surface area contributed by atoms with E-state index in [-0.39, 0.29) is 6.61 Å². The van der Waals surface area contributed by atoms with Gasteiger partial charge in [-0.05, 0) is 55.6 Å². The predicted octanol–water partition coefficient (Wildman–Crippen LogP) is 3.84. The number of rotatable bonds is 4. The van der Waals surface area contributed by atoms with Gasteiger partial charge in [-0.2, -0.15) is 0 Å². The highest BCUT2D eigenvalue weighted by molar-refractivity contribution is 5.37. The van der Waals surface area contributed by atoms with E-state index in [1.807, 2.05) is 0 Å². The SMILES string of the molecule is C=C(C(CO)=C(C)C1CC1)C1CCCCC1. The smallest absolute Gasteiger partial charge is 0.0683 e. The van der Waals surface area contributed by atoms with Gasteiger partial charge < -0.3 is 5.11 Å². The minimum atomic E-state index is 0.192. The zero-order valence-electron chi connectivity index (χ0n) is 10.5. The highest BCUT2D eigenvalue weighted by atomic mass is 16.3. The summed E-state index contributed by atoms with van der Waals surface area (Å²) < 4.78 is 0. The highest BCUT2D eigenvalue weighted by Crippen LogP contribution is 2.41. The number of aliphatic hydroxyl groups is 1. The first-order valence-electron chi connectivity index (χ1n) is 6.73. The van der Waals surface area contributed by atoms with Gasteiger partial charge in [0.15, 0.2) is 0 Å². The van der Waals surface area contributed by atoms with Gasteiger partial charge in [0.25, 0.3) is 0 Å². The Morgan fingerprint density at radius 2 is 1.69 bits per heavy atom. The Labute approximate surface area is 99.3 Å². The van der Waals surface area contributed by atoms with Crippen LogP contribution in [0.4, 0.5) is 0 Å². The van der Waals surface area contributed by atoms with E-state index < -0.39 is 0 Å². The largest absolute Gasteiger partial charge is 0.392 e. The first-order valence-corrected chi connectivity index (χ1v) is 6.73. The highest BCUT2D eigenvalue weighted by Gasteiger charge is 2.27. The summed E-state index contributed by atoms with van der Waals surface area (Å²) in [4.78, 5) is 0. The van der Waals surface area contributed by atoms with Crippen molar-refractivity contribution in [3.8, 4) is 0 Å². The molecule has 0 radical (unpaired) electrons. The van der Waals surface area contributed by atoms with Gasteiger partial charge in [-0.3, -0.25) is 0 Å². The van der Waals surface area contributed by atoms with Crippen LogP contribution in [-0.4, -0.2) is 11.7 Å². The van der Waals surface area contributed by atoms with Gasteiger partial charge in [0, 0.05) is 0 Å². The molecule has 2 aliphatic carbocycles. The molecule has 2 saturated carbocycles. The maximum Gasteiger partial charge on any atom is 0.0683 e. The van der Waals surface area contributed by atoms with Gasteiger partial charge in [0.05, 0.1) is 6.61 Å². The van der Waals surface area contributed by atoms with E-state index in [0.29, 0.717) is 5.92 Å². The Morgan fingerprint density at radius 3 is 2.19 bits per heavy atom. The maximum atomic E-state index is 9.56. The summed E-state index contributed by atoms with van der Waals surface area (Å²) in [6, 6.07) is 0. The molecule has 0 aromatic rings. The van der Waals surface area contributed by atoms with E-state index in [2.05, 4.69) is 13.5 Å². The Balaban J connectivity index is 2.07. The van der Waals surface area contributed by atoms with Crippen molar-refractivity contribution < 1.29 is 5.11 Å². The zero-order chi connectivity index (χ0) is 11.5. The molecule has 16 heavy (non-hydrogen) atoms. The second kappa shape index (κ2) is 5.18. The second-order valence-corrected chi connectivity index (χ2v) is 5.45. The molecule has 0 amide bonds. The molecule has 0 aromatic heterocycles. The average molecular weight is 220 g/mol. The first-order chi connectivity index (χ1) is 7.74. The number of allylic oxidation sites excluding steroid dienone is 1. The molecule has 1 nitrogen and oxygen atoms in total. The third-order valence-corrected chi connectivity index (χ3v) is 4.31. The quantitative estimate of drug-likeness (QED) is 0.714. The molecule has 0 heterocycles. The number of hydrogen-bond acceptors (Lipinski definition) is 1. The van der Waals surface area contributed by atoms with Crippen LogP contribution in [0.2, 0.25) is 0 Å². The molecule has 0 saturated heterocycles. The minimum absolute atomic E-state index is 0.192. The fraction of sp³-hybridized carbons (Fsp3) is 0.733. The molecule has 0 bridgehead atoms. The second-order valence-electron chi connectivity index (χ2n) is 5.45. The third-order valence-electron chi connectivity index (χ3n) is 4.31. The van der Waals surface area contributed by atoms with Gasteiger partial charge in [0.2, 0.25) is 0 Å². The number of aliphatic hydroxyl groups excluding tert-OH is 1. The van der Waals surface area contributed by atoms with Crippen molar-refractivity contribution in [2.75, 3.05) is 6.61 Å². The Hall–Kier alpha value is -0.560. The van der Waals surface area contributed by atoms with Crippen molar-refractivity contribution in [2.24, 2.45) is 11.8 Å². The Kier molecular flexibility index (Phi) is 3.86. The molecule has 1 N–H and O–H groups in total. The van der Waals surface area contributed by atoms with Crippen LogP contribution in [-0.2, 0) is 0 Å². The monoisotopic (exact) mass is 220 g/mol. The molecule has 90 valence electrons. The summed E-state index contributed by atoms with van der Waals surface area (Å²) in [6.07, 6.45) is 9.24. The van der Waals surface area contributed by atoms with Crippen molar-refractivity contribution in [3.05, 3.63) is 23.3 Å². The van der Waals surface area contributed by atoms with E-state index in [0.717, 1.165) is 5.92 Å². The average Bonchev–Trinajstić information content (AvgIpc) is 3.14. The van der Waals surface area contributed by atoms with E-state index >= 15 is 0 Å². The van der Waals surface area contributed by atoms with Crippen LogP contribution < -0.4 is 0 Å². The minimum Gasteiger partial charge on any atom is -0.392 e. The molecule has 0 aliphatic heterocycles. The maximum absolute atomic E-state index is 9.56. The summed E-state index contributed by atoms with van der Waals surface area (Å²) in [6.45, 7) is 6.65. The summed E-state index contributed by atoms with van der Waals surface area (Å²) in [7, 11) is 0. The molecule has 2 aliphatic rings. The molecular weight excluding hydrogens is 196 g/mol. The van der Waals surface area contributed by atoms with Crippen LogP contribution in [0.25, 0.3) is 0 Å². The molecular formula is C15H24O. The van der Waals surface area contributed by atoms with Gasteiger partial charge in [-0.1, -0.05) is 31.4 Å². The topological polar surface area (TPSA) is 20.2 Å². The summed E-state index contributed by atoms with van der Waals surface area (Å²) in [5.41, 5.74) is 3.83. The zero-order valence-corrected chi connectivity index (χ0v) is 10.5. The normalized spacial score (nSPS) is 24.1. The lowest BCUT2D eigenvalue weighted by Crippen LogP contribution is -2.13. The molecule has 1 heteroatoms. The van der Waals surface area contributed by atoms with Crippen LogP contribution in [0.1, 0.15) is 51.9 Å². The molecule has 2 fully saturated rings. The Bertz CT molecular complexity index is 291. The molecule has 2 rings (SSSR count). The van der Waals surface area contributed by atoms with Crippen LogP contribution in [0.5, 0.6) is 0 Å². The molecule has 0 aromatic carbocycles. The Morgan fingerprint density at radius 1 is 1.06 bits per heavy atom. The van der Waals surface area contributed by atoms with Gasteiger partial charge in [-0.15, -0.1) is 0 Å². The van der Waals surface area contributed by atoms with Gasteiger partial charge >= 0.3 is 0 Å². The predicted molar refractivity (Wildman–Crippen MR) is 68.2 cm³/mol. The third kappa shape index (κ3) is 2.57. The standard InChI is InChI=1S/C15H24O/c1-11(13-6-4-3-5-7-13)15(10-16)12(2)14-8-9-14/h13-14,16H,1,3-10H2,2H3. The lowest BCUT2D eigenvalue weighted by molar-refractivity contribution is 0.323.